The van der Waals surface area contributed by atoms with Gasteiger partial charge in [-0.3, -0.25) is 23.7 Å². The maximum Gasteiger partial charge on any atom is 0.380 e. The molecule has 1 saturated heterocycles. The molecular weight excluding hydrogens is 495 g/mol. The average molecular weight is 528 g/mol. The van der Waals surface area contributed by atoms with Gasteiger partial charge in [0.05, 0.1) is 27.5 Å². The first-order valence-corrected chi connectivity index (χ1v) is 12.9. The highest BCUT2D eigenvalue weighted by atomic mass is 31.2. The lowest BCUT2D eigenvalue weighted by atomic mass is 10.1. The predicted octanol–water partition coefficient (Wildman–Crippen LogP) is 1.34. The first kappa shape index (κ1) is 24.9. The summed E-state index contributed by atoms with van der Waals surface area (Å²) < 4.78 is 53.0. The van der Waals surface area contributed by atoms with Gasteiger partial charge in [0.15, 0.2) is 6.23 Å². The molecule has 13 heteroatoms. The van der Waals surface area contributed by atoms with Crippen LogP contribution in [-0.2, 0) is 23.4 Å². The second-order valence-electron chi connectivity index (χ2n) is 8.70. The molecule has 0 saturated carbocycles. The molecule has 6 atom stereocenters. The van der Waals surface area contributed by atoms with Crippen LogP contribution >= 0.6 is 7.60 Å². The number of H-pyrrole nitrogens is 1. The summed E-state index contributed by atoms with van der Waals surface area (Å²) in [5.41, 5.74) is -1.53. The Morgan fingerprint density at radius 1 is 1.22 bits per heavy atom. The highest BCUT2D eigenvalue weighted by Crippen LogP contribution is 2.50. The monoisotopic (exact) mass is 528 g/mol. The van der Waals surface area contributed by atoms with Gasteiger partial charge < -0.3 is 24.2 Å². The van der Waals surface area contributed by atoms with E-state index in [0.717, 1.165) is 10.8 Å². The van der Waals surface area contributed by atoms with E-state index in [1.807, 2.05) is 4.98 Å². The molecule has 3 rings (SSSR count). The van der Waals surface area contributed by atoms with Crippen LogP contribution in [0.25, 0.3) is 0 Å². The van der Waals surface area contributed by atoms with Gasteiger partial charge in [0.2, 0.25) is 0 Å². The van der Waals surface area contributed by atoms with E-state index in [4.69, 9.17) is 21.3 Å². The minimum Gasteiger partial charge on any atom is -0.463 e. The second kappa shape index (κ2) is 11.5. The topological polar surface area (TPSA) is 166 Å². The Morgan fingerprint density at radius 2 is 1.89 bits per heavy atom. The van der Waals surface area contributed by atoms with Crippen LogP contribution in [0.3, 0.4) is 0 Å². The van der Waals surface area contributed by atoms with E-state index in [0.29, 0.717) is 0 Å². The molecule has 1 unspecified atom stereocenters. The van der Waals surface area contributed by atoms with Crippen LogP contribution in [-0.4, -0.2) is 62.9 Å². The molecule has 1 aromatic carbocycles. The minimum atomic E-state index is -4.50. The Morgan fingerprint density at radius 3 is 2.53 bits per heavy atom. The van der Waals surface area contributed by atoms with Crippen molar-refractivity contribution < 1.29 is 40.8 Å². The van der Waals surface area contributed by atoms with Crippen LogP contribution < -0.4 is 15.8 Å². The summed E-state index contributed by atoms with van der Waals surface area (Å²) >= 11 is 0. The molecule has 1 aliphatic heterocycles. The molecule has 0 radical (unpaired) electrons. The Bertz CT molecular complexity index is 1300. The normalized spacial score (nSPS) is 25.5. The van der Waals surface area contributed by atoms with Gasteiger partial charge in [-0.15, -0.1) is 0 Å². The fourth-order valence-corrected chi connectivity index (χ4v) is 5.10. The van der Waals surface area contributed by atoms with Gasteiger partial charge >= 0.3 is 19.3 Å². The van der Waals surface area contributed by atoms with Crippen molar-refractivity contribution in [2.24, 2.45) is 5.92 Å². The number of aromatic nitrogens is 2. The molecule has 0 aliphatic carbocycles. The van der Waals surface area contributed by atoms with E-state index < -0.39 is 74.1 Å². The number of hydrogen-bond acceptors (Lipinski definition) is 10. The number of hydrogen-bond donors (Lipinski definition) is 3. The fraction of sp³-hybridized carbons (Fsp3) is 0.522. The summed E-state index contributed by atoms with van der Waals surface area (Å²) in [6.07, 6.45) is -7.27. The van der Waals surface area contributed by atoms with Crippen molar-refractivity contribution in [2.75, 3.05) is 12.7 Å². The van der Waals surface area contributed by atoms with Crippen molar-refractivity contribution in [1.29, 1.82) is 0 Å². The van der Waals surface area contributed by atoms with Crippen LogP contribution in [0.15, 0.2) is 46.1 Å². The third-order valence-electron chi connectivity index (χ3n) is 5.21. The van der Waals surface area contributed by atoms with E-state index in [-0.39, 0.29) is 11.3 Å². The molecule has 1 fully saturated rings. The number of nitrogens with one attached hydrogen (secondary N) is 1. The van der Waals surface area contributed by atoms with E-state index in [1.54, 1.807) is 32.0 Å². The molecule has 198 valence electrons. The molecule has 36 heavy (non-hydrogen) atoms. The maximum absolute atomic E-state index is 13.8. The number of esters is 1. The number of aliphatic hydroxyl groups excluding tert-OH is 2. The number of rotatable bonds is 10. The summed E-state index contributed by atoms with van der Waals surface area (Å²) in [4.78, 5) is 38.4. The quantitative estimate of drug-likeness (QED) is 0.302. The summed E-state index contributed by atoms with van der Waals surface area (Å²) in [7, 11) is -4.50. The molecule has 2 heterocycles. The molecule has 0 bridgehead atoms. The molecule has 3 N–H and O–H groups in total. The van der Waals surface area contributed by atoms with Crippen LogP contribution in [0, 0.1) is 12.8 Å². The highest BCUT2D eigenvalue weighted by Gasteiger charge is 2.46. The van der Waals surface area contributed by atoms with Crippen molar-refractivity contribution in [3.63, 3.8) is 0 Å². The van der Waals surface area contributed by atoms with Crippen LogP contribution in [0.1, 0.15) is 35.3 Å². The summed E-state index contributed by atoms with van der Waals surface area (Å²) in [5.74, 6) is -1.67. The molecular formula is C23H31N2O10P. The average Bonchev–Trinajstić information content (AvgIpc) is 3.11. The molecule has 0 spiro atoms. The van der Waals surface area contributed by atoms with E-state index in [2.05, 4.69) is 0 Å². The van der Waals surface area contributed by atoms with Gasteiger partial charge in [0, 0.05) is 11.8 Å². The Labute approximate surface area is 210 Å². The zero-order chi connectivity index (χ0) is 28.4. The SMILES string of the molecule is [2H]C([2H])(O[P@](=O)(C[C@@H](C)C(=O)OC(C)C)Oc1ccccc1)[C@@H]1O[C@H](n2cc(C)c(=O)[nH]c2=O)[C@H](O)C1O. The van der Waals surface area contributed by atoms with Crippen LogP contribution in [0.5, 0.6) is 5.75 Å². The van der Waals surface area contributed by atoms with Gasteiger partial charge in [-0.05, 0) is 32.9 Å². The molecule has 1 aromatic heterocycles. The molecule has 0 amide bonds. The number of aromatic amines is 1. The third-order valence-corrected chi connectivity index (χ3v) is 7.07. The Hall–Kier alpha value is -2.76. The largest absolute Gasteiger partial charge is 0.463 e. The van der Waals surface area contributed by atoms with Crippen LogP contribution in [0.4, 0.5) is 0 Å². The zero-order valence-corrected chi connectivity index (χ0v) is 21.1. The van der Waals surface area contributed by atoms with Gasteiger partial charge in [-0.25, -0.2) is 9.36 Å². The number of nitrogens with zero attached hydrogens (tertiary/aromatic N) is 1. The second-order valence-corrected chi connectivity index (χ2v) is 10.7. The van der Waals surface area contributed by atoms with E-state index >= 15 is 0 Å². The summed E-state index contributed by atoms with van der Waals surface area (Å²) in [6.45, 7) is 3.03. The fourth-order valence-electron chi connectivity index (χ4n) is 3.39. The van der Waals surface area contributed by atoms with Crippen molar-refractivity contribution in [1.82, 2.24) is 9.55 Å². The van der Waals surface area contributed by atoms with E-state index in [1.165, 1.54) is 26.0 Å². The van der Waals surface area contributed by atoms with Gasteiger partial charge in [0.1, 0.15) is 24.1 Å². The number of carbonyl (C=O) groups is 1. The highest BCUT2D eigenvalue weighted by molar-refractivity contribution is 7.54. The number of benzene rings is 1. The lowest BCUT2D eigenvalue weighted by Crippen LogP contribution is -2.38. The van der Waals surface area contributed by atoms with Gasteiger partial charge in [-0.2, -0.15) is 0 Å². The summed E-state index contributed by atoms with van der Waals surface area (Å²) in [6, 6.07) is 7.74. The zero-order valence-electron chi connectivity index (χ0n) is 22.2. The summed E-state index contributed by atoms with van der Waals surface area (Å²) in [5, 5.41) is 21.2. The van der Waals surface area contributed by atoms with Crippen molar-refractivity contribution in [3.05, 3.63) is 62.9 Å². The van der Waals surface area contributed by atoms with Gasteiger partial charge in [0.25, 0.3) is 5.56 Å². The van der Waals surface area contributed by atoms with Crippen molar-refractivity contribution >= 4 is 13.6 Å². The molecule has 2 aromatic rings. The number of aliphatic hydroxyl groups is 2. The van der Waals surface area contributed by atoms with Gasteiger partial charge in [-0.1, -0.05) is 25.1 Å². The van der Waals surface area contributed by atoms with E-state index in [9.17, 15) is 29.2 Å². The number of para-hydroxylation sites is 1. The lowest BCUT2D eigenvalue weighted by molar-refractivity contribution is -0.151. The number of carbonyl (C=O) groups excluding carboxylic acids is 1. The standard InChI is InChI=1S/C23H31N2O10P/c1-13(2)33-22(29)15(4)12-36(31,35-16-8-6-5-7-9-16)32-11-17-18(26)19(27)21(34-17)25-10-14(3)20(28)24-23(25)30/h5-10,13,15,17-19,21,26-27H,11-12H2,1-4H3,(H,24,28,30)/t15-,17+,18?,19-,21+,36-/m1/s1/i11D2. The Kier molecular flexibility index (Phi) is 7.98. The predicted molar refractivity (Wildman–Crippen MR) is 128 cm³/mol. The first-order chi connectivity index (χ1) is 17.6. The minimum absolute atomic E-state index is 0.0668. The van der Waals surface area contributed by atoms with Crippen molar-refractivity contribution in [3.8, 4) is 5.75 Å². The first-order valence-electron chi connectivity index (χ1n) is 12.2. The van der Waals surface area contributed by atoms with Crippen molar-refractivity contribution in [2.45, 2.75) is 58.3 Å². The Balaban J connectivity index is 1.90. The smallest absolute Gasteiger partial charge is 0.380 e. The molecule has 12 nitrogen and oxygen atoms in total. The number of aryl methyl sites for hydroxylation is 1. The number of ether oxygens (including phenoxy) is 2. The lowest BCUT2D eigenvalue weighted by Gasteiger charge is -2.24. The third kappa shape index (κ3) is 6.71. The maximum atomic E-state index is 13.8. The van der Waals surface area contributed by atoms with Crippen LogP contribution in [0.2, 0.25) is 0 Å². The molecule has 1 aliphatic rings.